The van der Waals surface area contributed by atoms with Gasteiger partial charge in [-0.2, -0.15) is 0 Å². The number of guanidine groups is 1. The number of hydrogen-bond donors (Lipinski definition) is 3. The first kappa shape index (κ1) is 19.4. The van der Waals surface area contributed by atoms with E-state index in [2.05, 4.69) is 55.1 Å². The second-order valence-corrected chi connectivity index (χ2v) is 7.59. The fourth-order valence-electron chi connectivity index (χ4n) is 3.11. The van der Waals surface area contributed by atoms with Gasteiger partial charge in [0.2, 0.25) is 0 Å². The Hall–Kier alpha value is -2.34. The minimum atomic E-state index is -0.0637. The first-order chi connectivity index (χ1) is 13.1. The van der Waals surface area contributed by atoms with Crippen molar-refractivity contribution in [2.75, 3.05) is 26.7 Å². The lowest BCUT2D eigenvalue weighted by molar-refractivity contribution is 0.0954. The third-order valence-corrected chi connectivity index (χ3v) is 5.55. The van der Waals surface area contributed by atoms with Crippen LogP contribution in [0.15, 0.2) is 64.1 Å². The summed E-state index contributed by atoms with van der Waals surface area (Å²) in [4.78, 5) is 16.3. The van der Waals surface area contributed by atoms with Crippen molar-refractivity contribution >= 4 is 27.8 Å². The Bertz CT molecular complexity index is 803. The Kier molecular flexibility index (Phi) is 6.50. The van der Waals surface area contributed by atoms with Gasteiger partial charge >= 0.3 is 0 Å². The minimum absolute atomic E-state index is 0.0637. The van der Waals surface area contributed by atoms with E-state index in [9.17, 15) is 4.79 Å². The molecular weight excluding hydrogens is 404 g/mol. The number of carbonyl (C=O) groups is 1. The van der Waals surface area contributed by atoms with Gasteiger partial charge in [0.25, 0.3) is 5.91 Å². The molecule has 0 heterocycles. The van der Waals surface area contributed by atoms with E-state index in [0.717, 1.165) is 17.0 Å². The van der Waals surface area contributed by atoms with Crippen molar-refractivity contribution in [3.8, 4) is 0 Å². The van der Waals surface area contributed by atoms with Gasteiger partial charge in [-0.3, -0.25) is 9.79 Å². The molecule has 0 aliphatic heterocycles. The largest absolute Gasteiger partial charge is 0.356 e. The highest BCUT2D eigenvalue weighted by Gasteiger charge is 2.45. The normalized spacial score (nSPS) is 15.1. The van der Waals surface area contributed by atoms with Crippen LogP contribution in [0.5, 0.6) is 0 Å². The molecule has 0 spiro atoms. The van der Waals surface area contributed by atoms with Gasteiger partial charge in [0.15, 0.2) is 5.96 Å². The summed E-state index contributed by atoms with van der Waals surface area (Å²) in [5, 5.41) is 9.58. The van der Waals surface area contributed by atoms with Crippen LogP contribution in [0, 0.1) is 0 Å². The number of nitrogens with one attached hydrogen (secondary N) is 3. The number of aliphatic imine (C=N–C) groups is 1. The third-order valence-electron chi connectivity index (χ3n) is 4.86. The molecule has 1 aliphatic carbocycles. The molecule has 1 aliphatic rings. The van der Waals surface area contributed by atoms with E-state index in [1.165, 1.54) is 18.4 Å². The van der Waals surface area contributed by atoms with Crippen LogP contribution in [0.2, 0.25) is 0 Å². The standard InChI is InChI=1S/C21H25BrN4O/c1-23-20(25-14-13-24-19(27)16-7-3-2-4-8-16)26-15-21(11-12-21)17-9-5-6-10-18(17)22/h2-10H,11-15H2,1H3,(H,24,27)(H2,23,25,26). The highest BCUT2D eigenvalue weighted by atomic mass is 79.9. The van der Waals surface area contributed by atoms with Gasteiger partial charge in [-0.1, -0.05) is 52.3 Å². The summed E-state index contributed by atoms with van der Waals surface area (Å²) in [7, 11) is 1.76. The predicted octanol–water partition coefficient (Wildman–Crippen LogP) is 3.08. The van der Waals surface area contributed by atoms with Crippen molar-refractivity contribution in [2.24, 2.45) is 4.99 Å². The Morgan fingerprint density at radius 1 is 1.00 bits per heavy atom. The van der Waals surface area contributed by atoms with Crippen LogP contribution in [0.3, 0.4) is 0 Å². The molecule has 0 atom stereocenters. The van der Waals surface area contributed by atoms with Gasteiger partial charge in [-0.25, -0.2) is 0 Å². The van der Waals surface area contributed by atoms with E-state index in [4.69, 9.17) is 0 Å². The summed E-state index contributed by atoms with van der Waals surface area (Å²) in [5.41, 5.74) is 2.20. The molecule has 0 radical (unpaired) electrons. The molecule has 0 aromatic heterocycles. The maximum absolute atomic E-state index is 12.0. The number of rotatable bonds is 7. The smallest absolute Gasteiger partial charge is 0.251 e. The Morgan fingerprint density at radius 2 is 1.67 bits per heavy atom. The fourth-order valence-corrected chi connectivity index (χ4v) is 3.81. The molecule has 0 saturated heterocycles. The van der Waals surface area contributed by atoms with Gasteiger partial charge in [0.05, 0.1) is 0 Å². The lowest BCUT2D eigenvalue weighted by Gasteiger charge is -2.20. The van der Waals surface area contributed by atoms with Crippen LogP contribution < -0.4 is 16.0 Å². The van der Waals surface area contributed by atoms with E-state index in [-0.39, 0.29) is 11.3 Å². The second kappa shape index (κ2) is 9.04. The summed E-state index contributed by atoms with van der Waals surface area (Å²) >= 11 is 3.67. The molecule has 6 heteroatoms. The summed E-state index contributed by atoms with van der Waals surface area (Å²) in [6.45, 7) is 1.98. The van der Waals surface area contributed by atoms with E-state index >= 15 is 0 Å². The van der Waals surface area contributed by atoms with Gasteiger partial charge in [-0.15, -0.1) is 0 Å². The molecule has 1 amide bonds. The van der Waals surface area contributed by atoms with Crippen molar-refractivity contribution in [1.29, 1.82) is 0 Å². The van der Waals surface area contributed by atoms with E-state index in [0.29, 0.717) is 18.7 Å². The first-order valence-electron chi connectivity index (χ1n) is 9.17. The van der Waals surface area contributed by atoms with Crippen LogP contribution in [-0.4, -0.2) is 38.5 Å². The van der Waals surface area contributed by atoms with Gasteiger partial charge in [-0.05, 0) is 36.6 Å². The van der Waals surface area contributed by atoms with Crippen molar-refractivity contribution < 1.29 is 4.79 Å². The quantitative estimate of drug-likeness (QED) is 0.360. The van der Waals surface area contributed by atoms with Crippen LogP contribution in [0.4, 0.5) is 0 Å². The molecule has 2 aromatic rings. The van der Waals surface area contributed by atoms with Crippen molar-refractivity contribution in [3.05, 3.63) is 70.2 Å². The SMILES string of the molecule is CN=C(NCCNC(=O)c1ccccc1)NCC1(c2ccccc2Br)CC1. The van der Waals surface area contributed by atoms with Crippen LogP contribution in [0.25, 0.3) is 0 Å². The van der Waals surface area contributed by atoms with Crippen LogP contribution in [-0.2, 0) is 5.41 Å². The van der Waals surface area contributed by atoms with Crippen LogP contribution >= 0.6 is 15.9 Å². The third kappa shape index (κ3) is 5.10. The van der Waals surface area contributed by atoms with Crippen molar-refractivity contribution in [2.45, 2.75) is 18.3 Å². The predicted molar refractivity (Wildman–Crippen MR) is 113 cm³/mol. The molecule has 1 saturated carbocycles. The molecule has 142 valence electrons. The van der Waals surface area contributed by atoms with Crippen LogP contribution in [0.1, 0.15) is 28.8 Å². The maximum Gasteiger partial charge on any atom is 0.251 e. The van der Waals surface area contributed by atoms with E-state index in [1.807, 2.05) is 24.3 Å². The average molecular weight is 429 g/mol. The number of carbonyl (C=O) groups excluding carboxylic acids is 1. The molecule has 1 fully saturated rings. The maximum atomic E-state index is 12.0. The Labute approximate surface area is 168 Å². The highest BCUT2D eigenvalue weighted by Crippen LogP contribution is 2.49. The lowest BCUT2D eigenvalue weighted by atomic mass is 9.96. The molecule has 3 N–H and O–H groups in total. The monoisotopic (exact) mass is 428 g/mol. The molecule has 0 bridgehead atoms. The summed E-state index contributed by atoms with van der Waals surface area (Å²) < 4.78 is 1.16. The molecule has 3 rings (SSSR count). The summed E-state index contributed by atoms with van der Waals surface area (Å²) in [6, 6.07) is 17.6. The number of halogens is 1. The second-order valence-electron chi connectivity index (χ2n) is 6.73. The number of amides is 1. The topological polar surface area (TPSA) is 65.5 Å². The zero-order valence-corrected chi connectivity index (χ0v) is 17.1. The molecule has 2 aromatic carbocycles. The number of nitrogens with zero attached hydrogens (tertiary/aromatic N) is 1. The fraction of sp³-hybridized carbons (Fsp3) is 0.333. The van der Waals surface area contributed by atoms with Crippen molar-refractivity contribution in [1.82, 2.24) is 16.0 Å². The molecule has 5 nitrogen and oxygen atoms in total. The number of benzene rings is 2. The average Bonchev–Trinajstić information content (AvgIpc) is 3.49. The summed E-state index contributed by atoms with van der Waals surface area (Å²) in [6.07, 6.45) is 2.35. The highest BCUT2D eigenvalue weighted by molar-refractivity contribution is 9.10. The minimum Gasteiger partial charge on any atom is -0.356 e. The molecular formula is C21H25BrN4O. The first-order valence-corrected chi connectivity index (χ1v) is 9.97. The van der Waals surface area contributed by atoms with E-state index < -0.39 is 0 Å². The zero-order valence-electron chi connectivity index (χ0n) is 15.5. The summed E-state index contributed by atoms with van der Waals surface area (Å²) in [5.74, 6) is 0.688. The van der Waals surface area contributed by atoms with Gasteiger partial charge in [0.1, 0.15) is 0 Å². The zero-order chi connectivity index (χ0) is 19.1. The lowest BCUT2D eigenvalue weighted by Crippen LogP contribution is -2.44. The molecule has 0 unspecified atom stereocenters. The molecule has 27 heavy (non-hydrogen) atoms. The van der Waals surface area contributed by atoms with Gasteiger partial charge in [0, 0.05) is 42.1 Å². The Balaban J connectivity index is 1.43. The van der Waals surface area contributed by atoms with Gasteiger partial charge < -0.3 is 16.0 Å². The number of hydrogen-bond acceptors (Lipinski definition) is 2. The van der Waals surface area contributed by atoms with E-state index in [1.54, 1.807) is 19.2 Å². The Morgan fingerprint density at radius 3 is 2.33 bits per heavy atom. The van der Waals surface area contributed by atoms with Crippen molar-refractivity contribution in [3.63, 3.8) is 0 Å².